The smallest absolute Gasteiger partial charge is 0.326 e. The van der Waals surface area contributed by atoms with Crippen LogP contribution in [0.2, 0.25) is 0 Å². The molecular weight excluding hydrogens is 404 g/mol. The Kier molecular flexibility index (Phi) is 8.06. The van der Waals surface area contributed by atoms with Crippen LogP contribution in [-0.4, -0.2) is 46.7 Å². The number of fused-ring (bicyclic) bond motifs is 1. The first-order chi connectivity index (χ1) is 15.4. The number of hydrogen-bond acceptors (Lipinski definition) is 5. The van der Waals surface area contributed by atoms with Crippen molar-refractivity contribution in [1.82, 2.24) is 10.2 Å². The van der Waals surface area contributed by atoms with Crippen LogP contribution in [0.3, 0.4) is 0 Å². The van der Waals surface area contributed by atoms with Gasteiger partial charge in [0.1, 0.15) is 12.1 Å². The van der Waals surface area contributed by atoms with Gasteiger partial charge in [0.15, 0.2) is 0 Å². The van der Waals surface area contributed by atoms with Crippen molar-refractivity contribution in [3.05, 3.63) is 83.6 Å². The first-order valence-electron chi connectivity index (χ1n) is 11.1. The topological polar surface area (TPSA) is 78.9 Å². The second-order valence-electron chi connectivity index (χ2n) is 8.16. The lowest BCUT2D eigenvalue weighted by atomic mass is 9.93. The molecular formula is C26H32N2O4. The molecule has 2 aromatic carbocycles. The third kappa shape index (κ3) is 5.77. The lowest BCUT2D eigenvalue weighted by Crippen LogP contribution is -2.51. The van der Waals surface area contributed by atoms with Crippen molar-refractivity contribution in [2.75, 3.05) is 6.61 Å². The summed E-state index contributed by atoms with van der Waals surface area (Å²) in [6.45, 7) is 8.70. The van der Waals surface area contributed by atoms with Crippen LogP contribution in [0.1, 0.15) is 37.0 Å². The highest BCUT2D eigenvalue weighted by Crippen LogP contribution is 2.27. The number of carbonyl (C=O) groups is 2. The monoisotopic (exact) mass is 436 g/mol. The lowest BCUT2D eigenvalue weighted by Gasteiger charge is -2.40. The maximum absolute atomic E-state index is 12.6. The van der Waals surface area contributed by atoms with Crippen molar-refractivity contribution >= 4 is 11.9 Å². The number of ether oxygens (including phenoxy) is 1. The number of rotatable bonds is 10. The zero-order valence-electron chi connectivity index (χ0n) is 18.8. The van der Waals surface area contributed by atoms with Crippen LogP contribution in [0.5, 0.6) is 0 Å². The van der Waals surface area contributed by atoms with Crippen molar-refractivity contribution in [2.45, 2.75) is 57.8 Å². The molecule has 1 aliphatic heterocycles. The second kappa shape index (κ2) is 11.0. The molecule has 3 rings (SSSR count). The number of benzene rings is 2. The molecule has 0 spiro atoms. The Balaban J connectivity index is 1.72. The van der Waals surface area contributed by atoms with E-state index in [0.717, 1.165) is 23.1 Å². The van der Waals surface area contributed by atoms with Crippen molar-refractivity contribution in [3.8, 4) is 0 Å². The fraction of sp³-hybridized carbons (Fsp3) is 0.385. The number of aryl methyl sites for hydroxylation is 1. The van der Waals surface area contributed by atoms with E-state index in [4.69, 9.17) is 4.74 Å². The summed E-state index contributed by atoms with van der Waals surface area (Å²) >= 11 is 0. The van der Waals surface area contributed by atoms with Crippen molar-refractivity contribution in [1.29, 1.82) is 0 Å². The molecule has 0 saturated carbocycles. The maximum Gasteiger partial charge on any atom is 0.326 e. The van der Waals surface area contributed by atoms with Crippen LogP contribution >= 0.6 is 0 Å². The van der Waals surface area contributed by atoms with Gasteiger partial charge in [-0.15, -0.1) is 0 Å². The van der Waals surface area contributed by atoms with Gasteiger partial charge in [-0.05, 0) is 43.4 Å². The van der Waals surface area contributed by atoms with E-state index in [9.17, 15) is 14.7 Å². The second-order valence-corrected chi connectivity index (χ2v) is 8.16. The molecule has 3 atom stereocenters. The van der Waals surface area contributed by atoms with Gasteiger partial charge >= 0.3 is 11.9 Å². The van der Waals surface area contributed by atoms with Gasteiger partial charge in [-0.3, -0.25) is 10.1 Å². The van der Waals surface area contributed by atoms with Gasteiger partial charge in [-0.2, -0.15) is 0 Å². The molecule has 0 bridgehead atoms. The number of hydrogen-bond donors (Lipinski definition) is 2. The summed E-state index contributed by atoms with van der Waals surface area (Å²) in [7, 11) is 0. The normalized spacial score (nSPS) is 17.2. The number of carboxylic acid groups (broad SMARTS) is 1. The van der Waals surface area contributed by atoms with Crippen LogP contribution in [0, 0.1) is 0 Å². The zero-order chi connectivity index (χ0) is 23.1. The summed E-state index contributed by atoms with van der Waals surface area (Å²) in [5, 5.41) is 13.2. The van der Waals surface area contributed by atoms with E-state index < -0.39 is 18.1 Å². The predicted molar refractivity (Wildman–Crippen MR) is 124 cm³/mol. The van der Waals surface area contributed by atoms with E-state index in [1.54, 1.807) is 6.92 Å². The predicted octanol–water partition coefficient (Wildman–Crippen LogP) is 3.55. The first kappa shape index (κ1) is 23.5. The van der Waals surface area contributed by atoms with Crippen LogP contribution in [0.15, 0.2) is 66.9 Å². The number of nitrogens with one attached hydrogen (secondary N) is 1. The Morgan fingerprint density at radius 1 is 1.16 bits per heavy atom. The van der Waals surface area contributed by atoms with Crippen molar-refractivity contribution < 1.29 is 19.4 Å². The minimum absolute atomic E-state index is 0.299. The minimum atomic E-state index is -0.876. The summed E-state index contributed by atoms with van der Waals surface area (Å²) in [4.78, 5) is 26.4. The summed E-state index contributed by atoms with van der Waals surface area (Å²) in [5.41, 5.74) is 3.95. The van der Waals surface area contributed by atoms with Crippen molar-refractivity contribution in [2.24, 2.45) is 0 Å². The van der Waals surface area contributed by atoms with Gasteiger partial charge < -0.3 is 14.7 Å². The van der Waals surface area contributed by atoms with E-state index in [-0.39, 0.29) is 12.0 Å². The minimum Gasteiger partial charge on any atom is -0.480 e. The Hall–Kier alpha value is -3.12. The molecule has 2 N–H and O–H groups in total. The average molecular weight is 437 g/mol. The molecule has 6 nitrogen and oxygen atoms in total. The zero-order valence-corrected chi connectivity index (χ0v) is 18.8. The molecule has 0 saturated heterocycles. The molecule has 32 heavy (non-hydrogen) atoms. The number of aliphatic carboxylic acids is 1. The quantitative estimate of drug-likeness (QED) is 0.555. The molecule has 1 aliphatic rings. The molecule has 0 fully saturated rings. The number of carboxylic acids is 1. The van der Waals surface area contributed by atoms with Gasteiger partial charge in [0.2, 0.25) is 0 Å². The average Bonchev–Trinajstić information content (AvgIpc) is 2.80. The Labute approximate surface area is 189 Å². The SMILES string of the molecule is C=C([C@H](C)N[C@@H](CCc1ccccc1)C(=O)OCC)N1Cc2ccccc2C[C@H]1C(=O)O. The molecule has 0 amide bonds. The van der Waals surface area contributed by atoms with E-state index in [1.165, 1.54) is 0 Å². The third-order valence-electron chi connectivity index (χ3n) is 5.99. The summed E-state index contributed by atoms with van der Waals surface area (Å²) in [6.07, 6.45) is 1.73. The lowest BCUT2D eigenvalue weighted by molar-refractivity contribution is -0.146. The highest BCUT2D eigenvalue weighted by Gasteiger charge is 2.34. The van der Waals surface area contributed by atoms with Crippen molar-refractivity contribution in [3.63, 3.8) is 0 Å². The summed E-state index contributed by atoms with van der Waals surface area (Å²) in [6, 6.07) is 16.4. The molecule has 1 heterocycles. The Bertz CT molecular complexity index is 944. The fourth-order valence-corrected chi connectivity index (χ4v) is 4.16. The van der Waals surface area contributed by atoms with Gasteiger partial charge in [0.25, 0.3) is 0 Å². The van der Waals surface area contributed by atoms with Gasteiger partial charge in [0, 0.05) is 24.7 Å². The summed E-state index contributed by atoms with van der Waals surface area (Å²) in [5.74, 6) is -1.18. The molecule has 0 unspecified atom stereocenters. The first-order valence-corrected chi connectivity index (χ1v) is 11.1. The highest BCUT2D eigenvalue weighted by atomic mass is 16.5. The largest absolute Gasteiger partial charge is 0.480 e. The van der Waals surface area contributed by atoms with Crippen LogP contribution in [-0.2, 0) is 33.7 Å². The van der Waals surface area contributed by atoms with E-state index in [1.807, 2.05) is 66.4 Å². The van der Waals surface area contributed by atoms with Gasteiger partial charge in [-0.1, -0.05) is 61.2 Å². The Morgan fingerprint density at radius 2 is 1.81 bits per heavy atom. The molecule has 0 aromatic heterocycles. The van der Waals surface area contributed by atoms with Crippen LogP contribution in [0.4, 0.5) is 0 Å². The summed E-state index contributed by atoms with van der Waals surface area (Å²) < 4.78 is 5.29. The Morgan fingerprint density at radius 3 is 2.47 bits per heavy atom. The van der Waals surface area contributed by atoms with Crippen LogP contribution < -0.4 is 5.32 Å². The van der Waals surface area contributed by atoms with E-state index >= 15 is 0 Å². The van der Waals surface area contributed by atoms with E-state index in [2.05, 4.69) is 11.9 Å². The van der Waals surface area contributed by atoms with Gasteiger partial charge in [-0.25, -0.2) is 4.79 Å². The standard InChI is InChI=1S/C26H32N2O4/c1-4-32-26(31)23(15-14-20-10-6-5-7-11-20)27-18(2)19(3)28-17-22-13-9-8-12-21(22)16-24(28)25(29)30/h5-13,18,23-24,27H,3-4,14-17H2,1-2H3,(H,29,30)/t18-,23-,24-/m0/s1. The third-order valence-corrected chi connectivity index (χ3v) is 5.99. The highest BCUT2D eigenvalue weighted by molar-refractivity contribution is 5.76. The number of esters is 1. The van der Waals surface area contributed by atoms with Gasteiger partial charge in [0.05, 0.1) is 6.61 Å². The molecule has 0 aliphatic carbocycles. The fourth-order valence-electron chi connectivity index (χ4n) is 4.16. The van der Waals surface area contributed by atoms with E-state index in [0.29, 0.717) is 31.7 Å². The molecule has 170 valence electrons. The molecule has 0 radical (unpaired) electrons. The molecule has 2 aromatic rings. The number of nitrogens with zero attached hydrogens (tertiary/aromatic N) is 1. The maximum atomic E-state index is 12.6. The number of carbonyl (C=O) groups excluding carboxylic acids is 1. The van der Waals surface area contributed by atoms with Crippen LogP contribution in [0.25, 0.3) is 0 Å². The molecule has 6 heteroatoms.